The molecule has 2 fully saturated rings. The molecule has 2 aliphatic rings. The second-order valence-corrected chi connectivity index (χ2v) is 9.13. The second-order valence-electron chi connectivity index (χ2n) is 8.19. The molecular weight excluding hydrogens is 434 g/mol. The molecule has 32 heavy (non-hydrogen) atoms. The maximum Gasteiger partial charge on any atom is 0.273 e. The maximum atomic E-state index is 13.3. The molecule has 1 aliphatic carbocycles. The van der Waals surface area contributed by atoms with Crippen LogP contribution in [0.25, 0.3) is 0 Å². The Morgan fingerprint density at radius 1 is 1.12 bits per heavy atom. The number of rotatable bonds is 6. The van der Waals surface area contributed by atoms with Crippen LogP contribution in [0.15, 0.2) is 41.8 Å². The van der Waals surface area contributed by atoms with Gasteiger partial charge in [0.15, 0.2) is 5.78 Å². The van der Waals surface area contributed by atoms with Crippen molar-refractivity contribution in [2.75, 3.05) is 6.54 Å². The van der Waals surface area contributed by atoms with Gasteiger partial charge in [0.2, 0.25) is 0 Å². The summed E-state index contributed by atoms with van der Waals surface area (Å²) in [6.07, 6.45) is 1.94. The third-order valence-electron chi connectivity index (χ3n) is 6.05. The second kappa shape index (κ2) is 8.62. The van der Waals surface area contributed by atoms with Gasteiger partial charge >= 0.3 is 0 Å². The maximum absolute atomic E-state index is 13.3. The average molecular weight is 455 g/mol. The predicted molar refractivity (Wildman–Crippen MR) is 115 cm³/mol. The quantitative estimate of drug-likeness (QED) is 0.285. The first-order valence-electron chi connectivity index (χ1n) is 10.3. The Kier molecular flexibility index (Phi) is 5.88. The highest BCUT2D eigenvalue weighted by atomic mass is 32.1. The molecule has 0 unspecified atom stereocenters. The number of benzene rings is 1. The summed E-state index contributed by atoms with van der Waals surface area (Å²) in [5.41, 5.74) is -0.158. The van der Waals surface area contributed by atoms with Crippen molar-refractivity contribution in [2.45, 2.75) is 26.2 Å². The third-order valence-corrected chi connectivity index (χ3v) is 6.97. The minimum Gasteiger partial charge on any atom is -0.291 e. The van der Waals surface area contributed by atoms with Gasteiger partial charge in [-0.2, -0.15) is 5.01 Å². The van der Waals surface area contributed by atoms with Crippen molar-refractivity contribution in [3.63, 3.8) is 0 Å². The molecule has 1 aliphatic heterocycles. The van der Waals surface area contributed by atoms with E-state index in [0.29, 0.717) is 23.6 Å². The molecule has 1 saturated heterocycles. The standard InChI is InChI=1S/C22H21N3O6S/c1-13-4-9-16-17(11-13)22(29)24(21(16)28)23(12-18(26)19-3-2-10-32-19)20(27)14-5-7-15(8-6-14)25(30)31/h2-3,5-8,10,13,16-17H,4,9,11-12H2,1H3/t13-,16+,17-/m1/s1. The highest BCUT2D eigenvalue weighted by molar-refractivity contribution is 7.12. The lowest BCUT2D eigenvalue weighted by Crippen LogP contribution is -2.52. The van der Waals surface area contributed by atoms with E-state index in [1.807, 2.05) is 6.92 Å². The van der Waals surface area contributed by atoms with Crippen molar-refractivity contribution in [3.8, 4) is 0 Å². The number of amides is 3. The molecule has 2 heterocycles. The van der Waals surface area contributed by atoms with Crippen molar-refractivity contribution in [3.05, 3.63) is 62.3 Å². The molecule has 1 aromatic heterocycles. The highest BCUT2D eigenvalue weighted by Gasteiger charge is 2.52. The number of nitro groups is 1. The number of hydrogen-bond acceptors (Lipinski definition) is 7. The van der Waals surface area contributed by atoms with E-state index < -0.39 is 46.8 Å². The van der Waals surface area contributed by atoms with E-state index in [9.17, 15) is 29.3 Å². The van der Waals surface area contributed by atoms with Crippen molar-refractivity contribution >= 4 is 40.5 Å². The lowest BCUT2D eigenvalue weighted by Gasteiger charge is -2.30. The molecule has 0 radical (unpaired) electrons. The van der Waals surface area contributed by atoms with E-state index in [-0.39, 0.29) is 11.3 Å². The number of carbonyl (C=O) groups excluding carboxylic acids is 4. The number of nitro benzene ring substituents is 1. The summed E-state index contributed by atoms with van der Waals surface area (Å²) in [6.45, 7) is 1.54. The Labute approximate surface area is 187 Å². The molecule has 0 spiro atoms. The Hall–Kier alpha value is -3.40. The van der Waals surface area contributed by atoms with Crippen LogP contribution in [-0.2, 0) is 9.59 Å². The largest absolute Gasteiger partial charge is 0.291 e. The monoisotopic (exact) mass is 455 g/mol. The minimum atomic E-state index is -0.738. The third kappa shape index (κ3) is 3.93. The number of hydrazine groups is 1. The Morgan fingerprint density at radius 2 is 1.81 bits per heavy atom. The van der Waals surface area contributed by atoms with Gasteiger partial charge in [-0.15, -0.1) is 11.3 Å². The number of fused-ring (bicyclic) bond motifs is 1. The van der Waals surface area contributed by atoms with Crippen LogP contribution in [0.2, 0.25) is 0 Å². The first kappa shape index (κ1) is 21.8. The molecule has 1 aromatic carbocycles. The molecule has 0 N–H and O–H groups in total. The fourth-order valence-electron chi connectivity index (χ4n) is 4.37. The average Bonchev–Trinajstić information content (AvgIpc) is 3.40. The van der Waals surface area contributed by atoms with E-state index in [2.05, 4.69) is 0 Å². The summed E-state index contributed by atoms with van der Waals surface area (Å²) in [4.78, 5) is 63.2. The van der Waals surface area contributed by atoms with Gasteiger partial charge in [-0.25, -0.2) is 5.01 Å². The number of carbonyl (C=O) groups is 4. The number of hydrogen-bond donors (Lipinski definition) is 0. The Balaban J connectivity index is 1.68. The van der Waals surface area contributed by atoms with Gasteiger partial charge < -0.3 is 0 Å². The summed E-state index contributed by atoms with van der Waals surface area (Å²) in [5.74, 6) is -2.79. The van der Waals surface area contributed by atoms with Crippen LogP contribution in [0.5, 0.6) is 0 Å². The zero-order valence-corrected chi connectivity index (χ0v) is 18.1. The van der Waals surface area contributed by atoms with E-state index in [1.165, 1.54) is 35.6 Å². The van der Waals surface area contributed by atoms with Gasteiger partial charge in [0.25, 0.3) is 23.4 Å². The van der Waals surface area contributed by atoms with Crippen molar-refractivity contribution in [1.29, 1.82) is 0 Å². The summed E-state index contributed by atoms with van der Waals surface area (Å²) < 4.78 is 0. The fourth-order valence-corrected chi connectivity index (χ4v) is 5.03. The first-order chi connectivity index (χ1) is 15.3. The normalized spacial score (nSPS) is 22.5. The Bertz CT molecular complexity index is 1080. The molecule has 3 amide bonds. The van der Waals surface area contributed by atoms with E-state index in [0.717, 1.165) is 16.4 Å². The zero-order valence-electron chi connectivity index (χ0n) is 17.3. The number of ketones is 1. The van der Waals surface area contributed by atoms with Crippen LogP contribution in [0.4, 0.5) is 5.69 Å². The van der Waals surface area contributed by atoms with Gasteiger partial charge in [-0.05, 0) is 48.8 Å². The molecule has 10 heteroatoms. The molecule has 166 valence electrons. The van der Waals surface area contributed by atoms with Crippen molar-refractivity contribution in [1.82, 2.24) is 10.0 Å². The SMILES string of the molecule is C[C@@H]1CC[C@@H]2C(=O)N(N(CC(=O)c3cccs3)C(=O)c3ccc([N+](=O)[O-])cc3)C(=O)[C@@H]2C1. The van der Waals surface area contributed by atoms with Crippen molar-refractivity contribution < 1.29 is 24.1 Å². The van der Waals surface area contributed by atoms with E-state index >= 15 is 0 Å². The molecular formula is C22H21N3O6S. The predicted octanol–water partition coefficient (Wildman–Crippen LogP) is 3.32. The molecule has 0 bridgehead atoms. The van der Waals surface area contributed by atoms with Gasteiger partial charge in [0.05, 0.1) is 21.6 Å². The minimum absolute atomic E-state index is 0.0402. The number of nitrogens with zero attached hydrogens (tertiary/aromatic N) is 3. The van der Waals surface area contributed by atoms with Gasteiger partial charge in [0, 0.05) is 17.7 Å². The molecule has 3 atom stereocenters. The fraction of sp³-hybridized carbons (Fsp3) is 0.364. The summed E-state index contributed by atoms with van der Waals surface area (Å²) in [6, 6.07) is 8.15. The summed E-state index contributed by atoms with van der Waals surface area (Å²) in [7, 11) is 0. The molecule has 1 saturated carbocycles. The zero-order chi connectivity index (χ0) is 23.0. The smallest absolute Gasteiger partial charge is 0.273 e. The van der Waals surface area contributed by atoms with Crippen LogP contribution in [0.1, 0.15) is 46.2 Å². The van der Waals surface area contributed by atoms with Crippen LogP contribution in [0.3, 0.4) is 0 Å². The summed E-state index contributed by atoms with van der Waals surface area (Å²) in [5, 5.41) is 14.4. The number of thiophene rings is 1. The van der Waals surface area contributed by atoms with E-state index in [4.69, 9.17) is 0 Å². The first-order valence-corrected chi connectivity index (χ1v) is 11.2. The topological polar surface area (TPSA) is 118 Å². The van der Waals surface area contributed by atoms with Crippen LogP contribution in [-0.4, -0.2) is 45.0 Å². The van der Waals surface area contributed by atoms with Gasteiger partial charge in [0.1, 0.15) is 6.54 Å². The molecule has 9 nitrogen and oxygen atoms in total. The van der Waals surface area contributed by atoms with E-state index in [1.54, 1.807) is 17.5 Å². The van der Waals surface area contributed by atoms with Gasteiger partial charge in [-0.1, -0.05) is 13.0 Å². The lowest BCUT2D eigenvalue weighted by atomic mass is 9.76. The Morgan fingerprint density at radius 3 is 2.44 bits per heavy atom. The molecule has 2 aromatic rings. The highest BCUT2D eigenvalue weighted by Crippen LogP contribution is 2.41. The summed E-state index contributed by atoms with van der Waals surface area (Å²) >= 11 is 1.20. The number of imide groups is 1. The van der Waals surface area contributed by atoms with Crippen LogP contribution >= 0.6 is 11.3 Å². The van der Waals surface area contributed by atoms with Crippen LogP contribution in [0, 0.1) is 27.9 Å². The van der Waals surface area contributed by atoms with Crippen molar-refractivity contribution in [2.24, 2.45) is 17.8 Å². The lowest BCUT2D eigenvalue weighted by molar-refractivity contribution is -0.384. The van der Waals surface area contributed by atoms with Crippen LogP contribution < -0.4 is 0 Å². The molecule has 4 rings (SSSR count). The number of non-ortho nitro benzene ring substituents is 1. The number of Topliss-reactive ketones (excluding diaryl/α,β-unsaturated/α-hetero) is 1. The van der Waals surface area contributed by atoms with Gasteiger partial charge in [-0.3, -0.25) is 29.3 Å².